The molecule has 2 N–H and O–H groups in total. The molecule has 1 fully saturated rings. The number of rotatable bonds is 6. The largest absolute Gasteiger partial charge is 0.313 e. The third kappa shape index (κ3) is 3.40. The molecule has 0 aliphatic heterocycles. The fourth-order valence-corrected chi connectivity index (χ4v) is 4.23. The van der Waals surface area contributed by atoms with Gasteiger partial charge in [-0.2, -0.15) is 0 Å². The van der Waals surface area contributed by atoms with Crippen LogP contribution in [0.1, 0.15) is 37.8 Å². The Kier molecular flexibility index (Phi) is 4.83. The van der Waals surface area contributed by atoms with Gasteiger partial charge in [0.05, 0.1) is 4.90 Å². The molecule has 0 aromatic heterocycles. The highest BCUT2D eigenvalue weighted by atomic mass is 32.2. The first-order chi connectivity index (χ1) is 9.44. The van der Waals surface area contributed by atoms with Crippen LogP contribution in [0.25, 0.3) is 0 Å². The Labute approximate surface area is 122 Å². The second-order valence-electron chi connectivity index (χ2n) is 5.72. The van der Waals surface area contributed by atoms with Gasteiger partial charge in [-0.1, -0.05) is 26.0 Å². The summed E-state index contributed by atoms with van der Waals surface area (Å²) >= 11 is 0. The van der Waals surface area contributed by atoms with Crippen LogP contribution < -0.4 is 10.0 Å². The first-order valence-corrected chi connectivity index (χ1v) is 8.74. The third-order valence-electron chi connectivity index (χ3n) is 3.95. The molecule has 1 saturated carbocycles. The van der Waals surface area contributed by atoms with Crippen LogP contribution in [0.5, 0.6) is 0 Å². The molecule has 0 radical (unpaired) electrons. The molecule has 112 valence electrons. The monoisotopic (exact) mass is 296 g/mol. The van der Waals surface area contributed by atoms with Crippen molar-refractivity contribution < 1.29 is 8.42 Å². The third-order valence-corrected chi connectivity index (χ3v) is 5.61. The van der Waals surface area contributed by atoms with E-state index in [-0.39, 0.29) is 6.04 Å². The van der Waals surface area contributed by atoms with Crippen molar-refractivity contribution in [2.45, 2.75) is 51.1 Å². The van der Waals surface area contributed by atoms with Gasteiger partial charge in [0.15, 0.2) is 0 Å². The highest BCUT2D eigenvalue weighted by molar-refractivity contribution is 7.89. The van der Waals surface area contributed by atoms with Crippen molar-refractivity contribution in [3.8, 4) is 0 Å². The lowest BCUT2D eigenvalue weighted by atomic mass is 9.83. The summed E-state index contributed by atoms with van der Waals surface area (Å²) in [4.78, 5) is 0.410. The first kappa shape index (κ1) is 15.5. The van der Waals surface area contributed by atoms with Crippen molar-refractivity contribution in [3.05, 3.63) is 29.3 Å². The van der Waals surface area contributed by atoms with E-state index < -0.39 is 10.0 Å². The number of benzene rings is 1. The summed E-state index contributed by atoms with van der Waals surface area (Å²) in [5.74, 6) is 0.629. The second kappa shape index (κ2) is 6.24. The summed E-state index contributed by atoms with van der Waals surface area (Å²) in [6.45, 7) is 7.63. The van der Waals surface area contributed by atoms with E-state index in [1.54, 1.807) is 6.07 Å². The molecule has 1 aliphatic rings. The lowest BCUT2D eigenvalue weighted by Crippen LogP contribution is -2.43. The quantitative estimate of drug-likeness (QED) is 0.846. The Hall–Kier alpha value is -0.910. The van der Waals surface area contributed by atoms with Crippen LogP contribution in [-0.2, 0) is 16.6 Å². The van der Waals surface area contributed by atoms with E-state index in [4.69, 9.17) is 0 Å². The summed E-state index contributed by atoms with van der Waals surface area (Å²) in [5.41, 5.74) is 1.88. The highest BCUT2D eigenvalue weighted by Gasteiger charge is 2.30. The SMILES string of the molecule is CCNCc1cccc(S(=O)(=O)NC2CC(C)C2)c1C. The molecule has 20 heavy (non-hydrogen) atoms. The van der Waals surface area contributed by atoms with E-state index in [1.807, 2.05) is 26.0 Å². The molecule has 0 amide bonds. The van der Waals surface area contributed by atoms with Crippen LogP contribution in [0.4, 0.5) is 0 Å². The molecule has 2 rings (SSSR count). The van der Waals surface area contributed by atoms with Gasteiger partial charge >= 0.3 is 0 Å². The van der Waals surface area contributed by atoms with E-state index in [0.29, 0.717) is 17.4 Å². The van der Waals surface area contributed by atoms with Gasteiger partial charge in [0.1, 0.15) is 0 Å². The van der Waals surface area contributed by atoms with Crippen LogP contribution in [0, 0.1) is 12.8 Å². The van der Waals surface area contributed by atoms with Crippen molar-refractivity contribution in [2.75, 3.05) is 6.54 Å². The Bertz CT molecular complexity index is 563. The van der Waals surface area contributed by atoms with Gasteiger partial charge in [-0.05, 0) is 49.4 Å². The molecular formula is C15H24N2O2S. The summed E-state index contributed by atoms with van der Waals surface area (Å²) in [5, 5.41) is 3.24. The maximum Gasteiger partial charge on any atom is 0.241 e. The predicted molar refractivity (Wildman–Crippen MR) is 81.1 cm³/mol. The van der Waals surface area contributed by atoms with E-state index in [0.717, 1.165) is 30.5 Å². The van der Waals surface area contributed by atoms with Gasteiger partial charge in [0.25, 0.3) is 0 Å². The summed E-state index contributed by atoms with van der Waals surface area (Å²) < 4.78 is 27.7. The Balaban J connectivity index is 2.18. The minimum atomic E-state index is -3.40. The maximum absolute atomic E-state index is 12.5. The lowest BCUT2D eigenvalue weighted by Gasteiger charge is -2.33. The van der Waals surface area contributed by atoms with Gasteiger partial charge in [-0.25, -0.2) is 13.1 Å². The Morgan fingerprint density at radius 1 is 1.30 bits per heavy atom. The van der Waals surface area contributed by atoms with Crippen LogP contribution in [0.2, 0.25) is 0 Å². The summed E-state index contributed by atoms with van der Waals surface area (Å²) in [6, 6.07) is 5.58. The smallest absolute Gasteiger partial charge is 0.241 e. The highest BCUT2D eigenvalue weighted by Crippen LogP contribution is 2.28. The zero-order chi connectivity index (χ0) is 14.8. The average Bonchev–Trinajstić information content (AvgIpc) is 2.35. The van der Waals surface area contributed by atoms with Crippen LogP contribution in [0.15, 0.2) is 23.1 Å². The minimum absolute atomic E-state index is 0.104. The molecule has 0 bridgehead atoms. The lowest BCUT2D eigenvalue weighted by molar-refractivity contribution is 0.270. The fourth-order valence-electron chi connectivity index (χ4n) is 2.68. The van der Waals surface area contributed by atoms with Crippen molar-refractivity contribution >= 4 is 10.0 Å². The summed E-state index contributed by atoms with van der Waals surface area (Å²) in [6.07, 6.45) is 1.88. The minimum Gasteiger partial charge on any atom is -0.313 e. The molecule has 4 nitrogen and oxygen atoms in total. The van der Waals surface area contributed by atoms with Crippen molar-refractivity contribution in [2.24, 2.45) is 5.92 Å². The number of sulfonamides is 1. The van der Waals surface area contributed by atoms with Crippen molar-refractivity contribution in [1.82, 2.24) is 10.0 Å². The standard InChI is InChI=1S/C15H24N2O2S/c1-4-16-10-13-6-5-7-15(12(13)3)20(18,19)17-14-8-11(2)9-14/h5-7,11,14,16-17H,4,8-10H2,1-3H3. The predicted octanol–water partition coefficient (Wildman–Crippen LogP) is 2.18. The molecule has 1 aliphatic carbocycles. The number of hydrogen-bond donors (Lipinski definition) is 2. The molecule has 1 aromatic carbocycles. The fraction of sp³-hybridized carbons (Fsp3) is 0.600. The molecule has 0 atom stereocenters. The number of nitrogens with one attached hydrogen (secondary N) is 2. The first-order valence-electron chi connectivity index (χ1n) is 7.25. The number of hydrogen-bond acceptors (Lipinski definition) is 3. The molecule has 1 aromatic rings. The average molecular weight is 296 g/mol. The van der Waals surface area contributed by atoms with Gasteiger partial charge < -0.3 is 5.32 Å². The van der Waals surface area contributed by atoms with Gasteiger partial charge in [-0.3, -0.25) is 0 Å². The molecule has 5 heteroatoms. The molecule has 0 saturated heterocycles. The Morgan fingerprint density at radius 3 is 2.60 bits per heavy atom. The van der Waals surface area contributed by atoms with Gasteiger partial charge in [0, 0.05) is 12.6 Å². The normalized spacial score (nSPS) is 22.6. The van der Waals surface area contributed by atoms with Gasteiger partial charge in [0.2, 0.25) is 10.0 Å². The maximum atomic E-state index is 12.5. The Morgan fingerprint density at radius 2 is 2.00 bits per heavy atom. The summed E-state index contributed by atoms with van der Waals surface area (Å²) in [7, 11) is -3.40. The van der Waals surface area contributed by atoms with E-state index in [9.17, 15) is 8.42 Å². The van der Waals surface area contributed by atoms with E-state index >= 15 is 0 Å². The van der Waals surface area contributed by atoms with Crippen LogP contribution >= 0.6 is 0 Å². The van der Waals surface area contributed by atoms with Crippen molar-refractivity contribution in [3.63, 3.8) is 0 Å². The topological polar surface area (TPSA) is 58.2 Å². The zero-order valence-corrected chi connectivity index (χ0v) is 13.3. The van der Waals surface area contributed by atoms with E-state index in [2.05, 4.69) is 17.0 Å². The van der Waals surface area contributed by atoms with Crippen molar-refractivity contribution in [1.29, 1.82) is 0 Å². The van der Waals surface area contributed by atoms with Crippen LogP contribution in [0.3, 0.4) is 0 Å². The van der Waals surface area contributed by atoms with E-state index in [1.165, 1.54) is 0 Å². The molecular weight excluding hydrogens is 272 g/mol. The van der Waals surface area contributed by atoms with Gasteiger partial charge in [-0.15, -0.1) is 0 Å². The van der Waals surface area contributed by atoms with Crippen LogP contribution in [-0.4, -0.2) is 21.0 Å². The second-order valence-corrected chi connectivity index (χ2v) is 7.40. The molecule has 0 unspecified atom stereocenters. The molecule has 0 spiro atoms. The zero-order valence-electron chi connectivity index (χ0n) is 12.4. The molecule has 0 heterocycles.